The number of fused-ring (bicyclic) bond motifs is 1. The zero-order valence-electron chi connectivity index (χ0n) is 15.9. The van der Waals surface area contributed by atoms with Crippen molar-refractivity contribution in [3.05, 3.63) is 41.5 Å². The van der Waals surface area contributed by atoms with E-state index in [1.165, 1.54) is 12.8 Å². The van der Waals surface area contributed by atoms with Crippen LogP contribution in [0.25, 0.3) is 0 Å². The molecule has 1 atom stereocenters. The number of aromatic nitrogens is 3. The molecule has 1 N–H and O–H groups in total. The summed E-state index contributed by atoms with van der Waals surface area (Å²) < 4.78 is 7.95. The largest absolute Gasteiger partial charge is 0.493 e. The Balaban J connectivity index is 1.32. The number of nitrogens with one attached hydrogen (secondary N) is 1. The van der Waals surface area contributed by atoms with Crippen LogP contribution < -0.4 is 10.1 Å². The predicted molar refractivity (Wildman–Crippen MR) is 101 cm³/mol. The van der Waals surface area contributed by atoms with Crippen LogP contribution in [0.1, 0.15) is 48.9 Å². The number of hydrogen-bond donors (Lipinski definition) is 1. The van der Waals surface area contributed by atoms with Gasteiger partial charge in [0.05, 0.1) is 25.6 Å². The lowest BCUT2D eigenvalue weighted by molar-refractivity contribution is -0.133. The molecule has 7 heteroatoms. The molecule has 1 amide bonds. The van der Waals surface area contributed by atoms with Gasteiger partial charge in [0.25, 0.3) is 0 Å². The van der Waals surface area contributed by atoms with E-state index in [0.29, 0.717) is 32.2 Å². The molecule has 1 aromatic carbocycles. The number of nitrogens with zero attached hydrogens (tertiary/aromatic N) is 4. The highest BCUT2D eigenvalue weighted by Crippen LogP contribution is 2.24. The summed E-state index contributed by atoms with van der Waals surface area (Å²) in [5.74, 6) is 2.86. The van der Waals surface area contributed by atoms with Crippen molar-refractivity contribution in [2.45, 2.75) is 51.7 Å². The number of carbonyl (C=O) groups is 1. The van der Waals surface area contributed by atoms with Crippen LogP contribution >= 0.6 is 0 Å². The Morgan fingerprint density at radius 2 is 2.15 bits per heavy atom. The summed E-state index contributed by atoms with van der Waals surface area (Å²) in [6, 6.07) is 8.16. The predicted octanol–water partition coefficient (Wildman–Crippen LogP) is 2.21. The Morgan fingerprint density at radius 3 is 2.96 bits per heavy atom. The SMILES string of the molecule is Cc1ccccc1OCCC(=O)N1CCn2c(nnc2[C@@H]2CCCCN2)C1. The molecule has 0 bridgehead atoms. The van der Waals surface area contributed by atoms with Gasteiger partial charge in [-0.05, 0) is 37.9 Å². The molecule has 0 aliphatic carbocycles. The summed E-state index contributed by atoms with van der Waals surface area (Å²) in [6.45, 7) is 5.44. The maximum absolute atomic E-state index is 12.6. The van der Waals surface area contributed by atoms with Crippen LogP contribution in [-0.4, -0.2) is 45.3 Å². The number of amides is 1. The van der Waals surface area contributed by atoms with E-state index in [0.717, 1.165) is 42.5 Å². The van der Waals surface area contributed by atoms with Gasteiger partial charge in [-0.15, -0.1) is 10.2 Å². The van der Waals surface area contributed by atoms with Crippen LogP contribution in [0, 0.1) is 6.92 Å². The highest BCUT2D eigenvalue weighted by atomic mass is 16.5. The molecule has 2 aliphatic heterocycles. The van der Waals surface area contributed by atoms with Crippen LogP contribution in [0.15, 0.2) is 24.3 Å². The van der Waals surface area contributed by atoms with Gasteiger partial charge >= 0.3 is 0 Å². The molecule has 0 radical (unpaired) electrons. The lowest BCUT2D eigenvalue weighted by atomic mass is 10.0. The molecule has 3 heterocycles. The maximum atomic E-state index is 12.6. The molecule has 0 saturated carbocycles. The summed E-state index contributed by atoms with van der Waals surface area (Å²) in [7, 11) is 0. The zero-order chi connectivity index (χ0) is 18.6. The van der Waals surface area contributed by atoms with Gasteiger partial charge in [-0.3, -0.25) is 4.79 Å². The summed E-state index contributed by atoms with van der Waals surface area (Å²) >= 11 is 0. The number of para-hydroxylation sites is 1. The van der Waals surface area contributed by atoms with Gasteiger partial charge in [-0.2, -0.15) is 0 Å². The molecule has 0 unspecified atom stereocenters. The molecule has 2 aliphatic rings. The number of rotatable bonds is 5. The van der Waals surface area contributed by atoms with E-state index >= 15 is 0 Å². The Morgan fingerprint density at radius 1 is 1.26 bits per heavy atom. The number of ether oxygens (including phenoxy) is 1. The third-order valence-electron chi connectivity index (χ3n) is 5.42. The molecule has 27 heavy (non-hydrogen) atoms. The van der Waals surface area contributed by atoms with Crippen molar-refractivity contribution in [1.29, 1.82) is 0 Å². The fourth-order valence-electron chi connectivity index (χ4n) is 3.85. The first-order chi connectivity index (χ1) is 13.2. The Hall–Kier alpha value is -2.41. The third kappa shape index (κ3) is 3.98. The van der Waals surface area contributed by atoms with Crippen LogP contribution in [0.2, 0.25) is 0 Å². The highest BCUT2D eigenvalue weighted by molar-refractivity contribution is 5.76. The Bertz CT molecular complexity index is 797. The second kappa shape index (κ2) is 8.08. The summed E-state index contributed by atoms with van der Waals surface area (Å²) in [6.07, 6.45) is 3.94. The van der Waals surface area contributed by atoms with E-state index in [9.17, 15) is 4.79 Å². The second-order valence-corrected chi connectivity index (χ2v) is 7.31. The van der Waals surface area contributed by atoms with Gasteiger partial charge in [0, 0.05) is 13.1 Å². The number of piperidine rings is 1. The monoisotopic (exact) mass is 369 g/mol. The number of aryl methyl sites for hydroxylation is 1. The van der Waals surface area contributed by atoms with Crippen LogP contribution in [0.3, 0.4) is 0 Å². The van der Waals surface area contributed by atoms with Gasteiger partial charge in [0.1, 0.15) is 11.6 Å². The van der Waals surface area contributed by atoms with Crippen LogP contribution in [0.4, 0.5) is 0 Å². The van der Waals surface area contributed by atoms with E-state index in [2.05, 4.69) is 20.1 Å². The summed E-state index contributed by atoms with van der Waals surface area (Å²) in [4.78, 5) is 14.4. The van der Waals surface area contributed by atoms with Gasteiger partial charge in [-0.1, -0.05) is 24.6 Å². The highest BCUT2D eigenvalue weighted by Gasteiger charge is 2.28. The van der Waals surface area contributed by atoms with Crippen LogP contribution in [0.5, 0.6) is 5.75 Å². The Labute approximate surface area is 159 Å². The van der Waals surface area contributed by atoms with E-state index in [1.54, 1.807) is 0 Å². The number of carbonyl (C=O) groups excluding carboxylic acids is 1. The quantitative estimate of drug-likeness (QED) is 0.875. The van der Waals surface area contributed by atoms with E-state index in [-0.39, 0.29) is 5.91 Å². The van der Waals surface area contributed by atoms with Crippen LogP contribution in [-0.2, 0) is 17.9 Å². The topological polar surface area (TPSA) is 72.3 Å². The molecule has 1 fully saturated rings. The van der Waals surface area contributed by atoms with Crippen molar-refractivity contribution < 1.29 is 9.53 Å². The number of hydrogen-bond acceptors (Lipinski definition) is 5. The second-order valence-electron chi connectivity index (χ2n) is 7.31. The first-order valence-electron chi connectivity index (χ1n) is 9.84. The van der Waals surface area contributed by atoms with Crippen molar-refractivity contribution in [2.24, 2.45) is 0 Å². The first kappa shape index (κ1) is 18.0. The fourth-order valence-corrected chi connectivity index (χ4v) is 3.85. The third-order valence-corrected chi connectivity index (χ3v) is 5.42. The van der Waals surface area contributed by atoms with Crippen molar-refractivity contribution in [1.82, 2.24) is 25.0 Å². The van der Waals surface area contributed by atoms with Gasteiger partial charge < -0.3 is 19.5 Å². The number of benzene rings is 1. The van der Waals surface area contributed by atoms with Gasteiger partial charge in [0.15, 0.2) is 5.82 Å². The van der Waals surface area contributed by atoms with E-state index < -0.39 is 0 Å². The van der Waals surface area contributed by atoms with Crippen molar-refractivity contribution >= 4 is 5.91 Å². The molecule has 7 nitrogen and oxygen atoms in total. The minimum absolute atomic E-state index is 0.107. The molecule has 144 valence electrons. The lowest BCUT2D eigenvalue weighted by Crippen LogP contribution is -2.40. The maximum Gasteiger partial charge on any atom is 0.226 e. The molecule has 1 aromatic heterocycles. The normalized spacial score (nSPS) is 19.6. The van der Waals surface area contributed by atoms with Gasteiger partial charge in [0.2, 0.25) is 5.91 Å². The standard InChI is InChI=1S/C20H27N5O2/c1-15-6-2-3-8-17(15)27-13-9-19(26)24-11-12-25-18(14-24)22-23-20(25)16-7-4-5-10-21-16/h2-3,6,8,16,21H,4-5,7,9-14H2,1H3/t16-/m0/s1. The average Bonchev–Trinajstić information content (AvgIpc) is 3.13. The van der Waals surface area contributed by atoms with Crippen molar-refractivity contribution in [2.75, 3.05) is 19.7 Å². The smallest absolute Gasteiger partial charge is 0.226 e. The minimum Gasteiger partial charge on any atom is -0.493 e. The summed E-state index contributed by atoms with van der Waals surface area (Å²) in [5.41, 5.74) is 1.08. The minimum atomic E-state index is 0.107. The van der Waals surface area contributed by atoms with E-state index in [1.807, 2.05) is 36.1 Å². The average molecular weight is 369 g/mol. The lowest BCUT2D eigenvalue weighted by Gasteiger charge is -2.30. The fraction of sp³-hybridized carbons (Fsp3) is 0.550. The first-order valence-corrected chi connectivity index (χ1v) is 9.84. The van der Waals surface area contributed by atoms with E-state index in [4.69, 9.17) is 4.74 Å². The molecule has 0 spiro atoms. The van der Waals surface area contributed by atoms with Crippen molar-refractivity contribution in [3.8, 4) is 5.75 Å². The molecular weight excluding hydrogens is 342 g/mol. The Kier molecular flexibility index (Phi) is 5.38. The van der Waals surface area contributed by atoms with Gasteiger partial charge in [-0.25, -0.2) is 0 Å². The van der Waals surface area contributed by atoms with Crippen molar-refractivity contribution in [3.63, 3.8) is 0 Å². The molecule has 1 saturated heterocycles. The molecular formula is C20H27N5O2. The summed E-state index contributed by atoms with van der Waals surface area (Å²) in [5, 5.41) is 12.3. The zero-order valence-corrected chi connectivity index (χ0v) is 15.9. The molecule has 4 rings (SSSR count). The molecule has 2 aromatic rings.